The Balaban J connectivity index is 2.35. The zero-order chi connectivity index (χ0) is 15.6. The maximum Gasteiger partial charge on any atom is 0.371 e. The van der Waals surface area contributed by atoms with Crippen LogP contribution in [0.25, 0.3) is 0 Å². The Kier molecular flexibility index (Phi) is 4.55. The summed E-state index contributed by atoms with van der Waals surface area (Å²) in [5.74, 6) is -3.77. The summed E-state index contributed by atoms with van der Waals surface area (Å²) in [5, 5.41) is 18.8. The minimum Gasteiger partial charge on any atom is -0.481 e. The number of carboxylic acids is 2. The van der Waals surface area contributed by atoms with Crippen molar-refractivity contribution in [3.8, 4) is 0 Å². The largest absolute Gasteiger partial charge is 0.481 e. The Morgan fingerprint density at radius 1 is 1.10 bits per heavy atom. The summed E-state index contributed by atoms with van der Waals surface area (Å²) in [6.07, 6.45) is 0.000409. The lowest BCUT2D eigenvalue weighted by molar-refractivity contribution is -0.139. The van der Waals surface area contributed by atoms with Gasteiger partial charge in [-0.25, -0.2) is 4.79 Å². The van der Waals surface area contributed by atoms with Crippen LogP contribution in [0.1, 0.15) is 27.8 Å². The molecule has 0 aliphatic rings. The van der Waals surface area contributed by atoms with Crippen LogP contribution in [0, 0.1) is 0 Å². The van der Waals surface area contributed by atoms with E-state index in [1.807, 2.05) is 0 Å². The van der Waals surface area contributed by atoms with Crippen LogP contribution in [-0.4, -0.2) is 22.2 Å². The Morgan fingerprint density at radius 3 is 2.19 bits per heavy atom. The van der Waals surface area contributed by atoms with Crippen molar-refractivity contribution in [2.75, 3.05) is 0 Å². The van der Waals surface area contributed by atoms with Crippen molar-refractivity contribution < 1.29 is 24.2 Å². The van der Waals surface area contributed by atoms with Crippen molar-refractivity contribution in [1.82, 2.24) is 0 Å². The van der Waals surface area contributed by atoms with Crippen molar-refractivity contribution in [3.05, 3.63) is 57.5 Å². The van der Waals surface area contributed by atoms with Crippen molar-refractivity contribution in [3.63, 3.8) is 0 Å². The van der Waals surface area contributed by atoms with Gasteiger partial charge < -0.3 is 14.6 Å². The van der Waals surface area contributed by atoms with Gasteiger partial charge in [0.2, 0.25) is 5.76 Å². The first-order chi connectivity index (χ1) is 9.90. The monoisotopic (exact) mass is 328 g/mol. The number of benzene rings is 1. The molecule has 2 aromatic rings. The van der Waals surface area contributed by atoms with E-state index in [0.29, 0.717) is 15.6 Å². The molecule has 2 N–H and O–H groups in total. The van der Waals surface area contributed by atoms with E-state index in [1.165, 1.54) is 12.1 Å². The number of aromatic carboxylic acids is 1. The highest BCUT2D eigenvalue weighted by Gasteiger charge is 2.26. The number of carboxylic acid groups (broad SMARTS) is 2. The lowest BCUT2D eigenvalue weighted by Crippen LogP contribution is -2.14. The van der Waals surface area contributed by atoms with Gasteiger partial charge in [0.25, 0.3) is 0 Å². The van der Waals surface area contributed by atoms with Gasteiger partial charge in [-0.1, -0.05) is 29.3 Å². The SMILES string of the molecule is O=C(O)c1ccc(C(Cc2c(Cl)cccc2Cl)C(=O)O)o1. The van der Waals surface area contributed by atoms with Gasteiger partial charge in [-0.15, -0.1) is 0 Å². The third-order valence-electron chi connectivity index (χ3n) is 2.95. The van der Waals surface area contributed by atoms with Gasteiger partial charge in [0, 0.05) is 10.0 Å². The van der Waals surface area contributed by atoms with Crippen LogP contribution in [-0.2, 0) is 11.2 Å². The highest BCUT2D eigenvalue weighted by molar-refractivity contribution is 6.36. The Hall–Kier alpha value is -1.98. The minimum atomic E-state index is -1.26. The molecule has 5 nitrogen and oxygen atoms in total. The molecule has 21 heavy (non-hydrogen) atoms. The number of hydrogen-bond acceptors (Lipinski definition) is 3. The third kappa shape index (κ3) is 3.37. The standard InChI is InChI=1S/C14H10Cl2O5/c15-9-2-1-3-10(16)7(9)6-8(13(17)18)11-4-5-12(21-11)14(19)20/h1-5,8H,6H2,(H,17,18)(H,19,20). The molecule has 1 unspecified atom stereocenters. The maximum absolute atomic E-state index is 11.4. The minimum absolute atomic E-state index is 0.000409. The highest BCUT2D eigenvalue weighted by Crippen LogP contribution is 2.31. The smallest absolute Gasteiger partial charge is 0.371 e. The first-order valence-electron chi connectivity index (χ1n) is 5.89. The van der Waals surface area contributed by atoms with Gasteiger partial charge in [0.15, 0.2) is 0 Å². The lowest BCUT2D eigenvalue weighted by atomic mass is 9.97. The Morgan fingerprint density at radius 2 is 1.71 bits per heavy atom. The molecule has 110 valence electrons. The summed E-state index contributed by atoms with van der Waals surface area (Å²) >= 11 is 12.0. The number of halogens is 2. The van der Waals surface area contributed by atoms with Crippen LogP contribution in [0.5, 0.6) is 0 Å². The second-order valence-electron chi connectivity index (χ2n) is 4.30. The molecule has 1 aromatic heterocycles. The molecule has 2 rings (SSSR count). The molecule has 1 aromatic carbocycles. The van der Waals surface area contributed by atoms with E-state index in [1.54, 1.807) is 18.2 Å². The second-order valence-corrected chi connectivity index (χ2v) is 5.12. The first-order valence-corrected chi connectivity index (χ1v) is 6.64. The number of aliphatic carboxylic acids is 1. The molecule has 0 aliphatic heterocycles. The summed E-state index contributed by atoms with van der Waals surface area (Å²) in [4.78, 5) is 22.2. The van der Waals surface area contributed by atoms with Crippen LogP contribution >= 0.6 is 23.2 Å². The Labute approximate surface area is 129 Å². The summed E-state index contributed by atoms with van der Waals surface area (Å²) < 4.78 is 5.05. The molecule has 0 spiro atoms. The van der Waals surface area contributed by atoms with Crippen LogP contribution in [0.15, 0.2) is 34.7 Å². The van der Waals surface area contributed by atoms with Crippen LogP contribution in [0.2, 0.25) is 10.0 Å². The summed E-state index contributed by atoms with van der Waals surface area (Å²) in [6, 6.07) is 7.40. The average Bonchev–Trinajstić information content (AvgIpc) is 2.87. The van der Waals surface area contributed by atoms with Gasteiger partial charge in [0.1, 0.15) is 11.7 Å². The fourth-order valence-corrected chi connectivity index (χ4v) is 2.45. The molecular weight excluding hydrogens is 319 g/mol. The summed E-state index contributed by atoms with van der Waals surface area (Å²) in [6.45, 7) is 0. The molecule has 1 heterocycles. The molecule has 7 heteroatoms. The molecule has 0 saturated heterocycles. The molecule has 0 radical (unpaired) electrons. The normalized spacial score (nSPS) is 12.1. The van der Waals surface area contributed by atoms with Crippen LogP contribution < -0.4 is 0 Å². The van der Waals surface area contributed by atoms with E-state index in [-0.39, 0.29) is 17.9 Å². The molecule has 0 saturated carbocycles. The first kappa shape index (κ1) is 15.4. The van der Waals surface area contributed by atoms with Crippen molar-refractivity contribution >= 4 is 35.1 Å². The highest BCUT2D eigenvalue weighted by atomic mass is 35.5. The van der Waals surface area contributed by atoms with E-state index in [4.69, 9.17) is 32.7 Å². The number of carbonyl (C=O) groups is 2. The molecule has 0 amide bonds. The Bertz CT molecular complexity index is 672. The zero-order valence-electron chi connectivity index (χ0n) is 10.5. The molecule has 0 aliphatic carbocycles. The molecule has 1 atom stereocenters. The van der Waals surface area contributed by atoms with Gasteiger partial charge in [-0.2, -0.15) is 0 Å². The number of hydrogen-bond donors (Lipinski definition) is 2. The van der Waals surface area contributed by atoms with E-state index in [9.17, 15) is 14.7 Å². The number of rotatable bonds is 5. The second kappa shape index (κ2) is 6.20. The van der Waals surface area contributed by atoms with Gasteiger partial charge >= 0.3 is 11.9 Å². The average molecular weight is 329 g/mol. The van der Waals surface area contributed by atoms with Crippen LogP contribution in [0.4, 0.5) is 0 Å². The maximum atomic E-state index is 11.4. The topological polar surface area (TPSA) is 87.7 Å². The molecule has 0 bridgehead atoms. The lowest BCUT2D eigenvalue weighted by Gasteiger charge is -2.12. The molecule has 0 fully saturated rings. The fraction of sp³-hybridized carbons (Fsp3) is 0.143. The zero-order valence-corrected chi connectivity index (χ0v) is 12.1. The van der Waals surface area contributed by atoms with E-state index >= 15 is 0 Å². The van der Waals surface area contributed by atoms with Crippen LogP contribution in [0.3, 0.4) is 0 Å². The third-order valence-corrected chi connectivity index (χ3v) is 3.66. The van der Waals surface area contributed by atoms with Crippen molar-refractivity contribution in [1.29, 1.82) is 0 Å². The summed E-state index contributed by atoms with van der Waals surface area (Å²) in [7, 11) is 0. The van der Waals surface area contributed by atoms with Gasteiger partial charge in [0.05, 0.1) is 0 Å². The van der Waals surface area contributed by atoms with E-state index < -0.39 is 17.9 Å². The summed E-state index contributed by atoms with van der Waals surface area (Å²) in [5.41, 5.74) is 0.474. The predicted molar refractivity (Wildman–Crippen MR) is 76.2 cm³/mol. The number of furan rings is 1. The predicted octanol–water partition coefficient (Wildman–Crippen LogP) is 3.70. The quantitative estimate of drug-likeness (QED) is 0.873. The fourth-order valence-electron chi connectivity index (χ4n) is 1.90. The molecular formula is C14H10Cl2O5. The van der Waals surface area contributed by atoms with E-state index in [0.717, 1.165) is 0 Å². The van der Waals surface area contributed by atoms with Gasteiger partial charge in [-0.3, -0.25) is 4.79 Å². The van der Waals surface area contributed by atoms with Crippen molar-refractivity contribution in [2.45, 2.75) is 12.3 Å². The van der Waals surface area contributed by atoms with E-state index in [2.05, 4.69) is 0 Å². The van der Waals surface area contributed by atoms with Gasteiger partial charge in [-0.05, 0) is 36.2 Å². The van der Waals surface area contributed by atoms with Crippen molar-refractivity contribution in [2.24, 2.45) is 0 Å².